The topological polar surface area (TPSA) is 68.4 Å². The van der Waals surface area contributed by atoms with Gasteiger partial charge < -0.3 is 20.1 Å². The van der Waals surface area contributed by atoms with Crippen molar-refractivity contribution in [1.82, 2.24) is 20.1 Å². The highest BCUT2D eigenvalue weighted by molar-refractivity contribution is 6.06. The molecule has 1 saturated heterocycles. The van der Waals surface area contributed by atoms with E-state index in [4.69, 9.17) is 0 Å². The number of fused-ring (bicyclic) bond motifs is 1. The first-order valence-corrected chi connectivity index (χ1v) is 9.74. The largest absolute Gasteiger partial charge is 0.361 e. The summed E-state index contributed by atoms with van der Waals surface area (Å²) in [5.74, 6) is -0.452. The van der Waals surface area contributed by atoms with Gasteiger partial charge in [0.25, 0.3) is 11.8 Å². The van der Waals surface area contributed by atoms with Gasteiger partial charge in [-0.25, -0.2) is 0 Å². The summed E-state index contributed by atoms with van der Waals surface area (Å²) in [6.45, 7) is 2.92. The number of nitrogens with zero attached hydrogens (tertiary/aromatic N) is 2. The van der Waals surface area contributed by atoms with Crippen LogP contribution >= 0.6 is 0 Å². The summed E-state index contributed by atoms with van der Waals surface area (Å²) < 4.78 is 0. The number of hydrogen-bond donors (Lipinski definition) is 2. The van der Waals surface area contributed by atoms with E-state index < -0.39 is 0 Å². The second kappa shape index (κ2) is 8.32. The lowest BCUT2D eigenvalue weighted by atomic mass is 10.1. The maximum Gasteiger partial charge on any atom is 0.270 e. The summed E-state index contributed by atoms with van der Waals surface area (Å²) in [7, 11) is 2.04. The van der Waals surface area contributed by atoms with Gasteiger partial charge in [-0.3, -0.25) is 9.59 Å². The molecule has 0 spiro atoms. The average Bonchev–Trinajstić information content (AvgIpc) is 3.17. The normalized spacial score (nSPS) is 15.5. The number of aromatic nitrogens is 1. The van der Waals surface area contributed by atoms with E-state index in [2.05, 4.69) is 15.2 Å². The zero-order valence-corrected chi connectivity index (χ0v) is 16.4. The quantitative estimate of drug-likeness (QED) is 0.676. The number of aromatic amines is 1. The molecular formula is C23H24N4O2. The molecule has 6 heteroatoms. The maximum absolute atomic E-state index is 13.2. The van der Waals surface area contributed by atoms with E-state index in [1.165, 1.54) is 0 Å². The summed E-state index contributed by atoms with van der Waals surface area (Å²) in [5, 5.41) is 3.85. The van der Waals surface area contributed by atoms with Gasteiger partial charge in [-0.2, -0.15) is 0 Å². The Bertz CT molecular complexity index is 1050. The molecule has 0 saturated carbocycles. The number of likely N-dealkylation sites (N-methyl/N-ethyl adjacent to an activating group) is 1. The van der Waals surface area contributed by atoms with Gasteiger partial charge in [-0.05, 0) is 31.3 Å². The second-order valence-corrected chi connectivity index (χ2v) is 7.26. The molecule has 3 aromatic rings. The molecule has 1 aliphatic rings. The summed E-state index contributed by atoms with van der Waals surface area (Å²) in [6, 6.07) is 16.8. The monoisotopic (exact) mass is 388 g/mol. The standard InChI is InChI=1S/C23H24N4O2/c1-26-11-13-27(14-12-26)23(29)21(25-22(28)17-7-3-2-4-8-17)15-18-16-24-20-10-6-5-9-19(18)20/h2-10,15-16,24H,11-14H2,1H3,(H,25,28)/b21-15+. The minimum Gasteiger partial charge on any atom is -0.361 e. The van der Waals surface area contributed by atoms with Gasteiger partial charge in [0.2, 0.25) is 0 Å². The SMILES string of the molecule is CN1CCN(C(=O)/C(=C\c2c[nH]c3ccccc23)NC(=O)c2ccccc2)CC1. The number of para-hydroxylation sites is 1. The molecule has 1 aromatic heterocycles. The van der Waals surface area contributed by atoms with Crippen LogP contribution in [0.3, 0.4) is 0 Å². The third-order valence-corrected chi connectivity index (χ3v) is 5.23. The number of rotatable bonds is 4. The molecule has 2 heterocycles. The second-order valence-electron chi connectivity index (χ2n) is 7.26. The smallest absolute Gasteiger partial charge is 0.270 e. The van der Waals surface area contributed by atoms with E-state index in [0.29, 0.717) is 18.7 Å². The van der Waals surface area contributed by atoms with Gasteiger partial charge >= 0.3 is 0 Å². The van der Waals surface area contributed by atoms with Crippen LogP contribution in [0.1, 0.15) is 15.9 Å². The number of hydrogen-bond acceptors (Lipinski definition) is 3. The minimum atomic E-state index is -0.292. The van der Waals surface area contributed by atoms with Crippen molar-refractivity contribution in [2.24, 2.45) is 0 Å². The molecular weight excluding hydrogens is 364 g/mol. The average molecular weight is 388 g/mol. The van der Waals surface area contributed by atoms with Crippen molar-refractivity contribution in [3.05, 3.63) is 77.6 Å². The van der Waals surface area contributed by atoms with Crippen LogP contribution in [0.4, 0.5) is 0 Å². The van der Waals surface area contributed by atoms with E-state index >= 15 is 0 Å². The van der Waals surface area contributed by atoms with Gasteiger partial charge in [-0.1, -0.05) is 36.4 Å². The Morgan fingerprint density at radius 3 is 2.41 bits per heavy atom. The number of carbonyl (C=O) groups excluding carboxylic acids is 2. The fraction of sp³-hybridized carbons (Fsp3) is 0.217. The predicted octanol–water partition coefficient (Wildman–Crippen LogP) is 2.71. The van der Waals surface area contributed by atoms with Crippen molar-refractivity contribution in [3.63, 3.8) is 0 Å². The van der Waals surface area contributed by atoms with Gasteiger partial charge in [0.1, 0.15) is 5.70 Å². The van der Waals surface area contributed by atoms with Crippen LogP contribution in [-0.2, 0) is 4.79 Å². The summed E-state index contributed by atoms with van der Waals surface area (Å²) in [6.07, 6.45) is 3.62. The van der Waals surface area contributed by atoms with E-state index in [1.807, 2.05) is 43.6 Å². The molecule has 0 atom stereocenters. The zero-order valence-electron chi connectivity index (χ0n) is 16.4. The highest BCUT2D eigenvalue weighted by Gasteiger charge is 2.24. The van der Waals surface area contributed by atoms with E-state index in [9.17, 15) is 9.59 Å². The van der Waals surface area contributed by atoms with Crippen LogP contribution in [-0.4, -0.2) is 59.8 Å². The Morgan fingerprint density at radius 1 is 0.966 bits per heavy atom. The molecule has 29 heavy (non-hydrogen) atoms. The molecule has 1 aliphatic heterocycles. The molecule has 2 amide bonds. The number of H-pyrrole nitrogens is 1. The van der Waals surface area contributed by atoms with Gasteiger partial charge in [0, 0.05) is 54.4 Å². The van der Waals surface area contributed by atoms with Crippen LogP contribution in [0, 0.1) is 0 Å². The molecule has 6 nitrogen and oxygen atoms in total. The number of amides is 2. The van der Waals surface area contributed by atoms with Gasteiger partial charge in [-0.15, -0.1) is 0 Å². The Kier molecular flexibility index (Phi) is 5.44. The van der Waals surface area contributed by atoms with Crippen molar-refractivity contribution >= 4 is 28.8 Å². The van der Waals surface area contributed by atoms with Crippen LogP contribution in [0.5, 0.6) is 0 Å². The zero-order chi connectivity index (χ0) is 20.2. The minimum absolute atomic E-state index is 0.160. The van der Waals surface area contributed by atoms with Crippen molar-refractivity contribution in [3.8, 4) is 0 Å². The molecule has 0 unspecified atom stereocenters. The van der Waals surface area contributed by atoms with E-state index in [-0.39, 0.29) is 17.5 Å². The Morgan fingerprint density at radius 2 is 1.66 bits per heavy atom. The molecule has 4 rings (SSSR count). The molecule has 0 bridgehead atoms. The summed E-state index contributed by atoms with van der Waals surface area (Å²) >= 11 is 0. The number of carbonyl (C=O) groups is 2. The number of nitrogens with one attached hydrogen (secondary N) is 2. The van der Waals surface area contributed by atoms with Crippen LogP contribution in [0.25, 0.3) is 17.0 Å². The van der Waals surface area contributed by atoms with Crippen molar-refractivity contribution in [2.75, 3.05) is 33.2 Å². The van der Waals surface area contributed by atoms with E-state index in [0.717, 1.165) is 29.6 Å². The third kappa shape index (κ3) is 4.22. The molecule has 0 radical (unpaired) electrons. The lowest BCUT2D eigenvalue weighted by Crippen LogP contribution is -2.49. The Balaban J connectivity index is 1.66. The lowest BCUT2D eigenvalue weighted by molar-refractivity contribution is -0.128. The van der Waals surface area contributed by atoms with Gasteiger partial charge in [0.15, 0.2) is 0 Å². The first-order valence-electron chi connectivity index (χ1n) is 9.74. The van der Waals surface area contributed by atoms with Crippen molar-refractivity contribution in [1.29, 1.82) is 0 Å². The fourth-order valence-corrected chi connectivity index (χ4v) is 3.48. The molecule has 2 N–H and O–H groups in total. The highest BCUT2D eigenvalue weighted by Crippen LogP contribution is 2.21. The Hall–Kier alpha value is -3.38. The molecule has 148 valence electrons. The third-order valence-electron chi connectivity index (χ3n) is 5.23. The van der Waals surface area contributed by atoms with Crippen molar-refractivity contribution < 1.29 is 9.59 Å². The van der Waals surface area contributed by atoms with Gasteiger partial charge in [0.05, 0.1) is 0 Å². The van der Waals surface area contributed by atoms with Crippen LogP contribution in [0.15, 0.2) is 66.5 Å². The molecule has 2 aromatic carbocycles. The van der Waals surface area contributed by atoms with Crippen molar-refractivity contribution in [2.45, 2.75) is 0 Å². The summed E-state index contributed by atoms with van der Waals surface area (Å²) in [5.41, 5.74) is 2.66. The summed E-state index contributed by atoms with van der Waals surface area (Å²) in [4.78, 5) is 33.2. The Labute approximate surface area is 169 Å². The predicted molar refractivity (Wildman–Crippen MR) is 114 cm³/mol. The highest BCUT2D eigenvalue weighted by atomic mass is 16.2. The number of piperazine rings is 1. The van der Waals surface area contributed by atoms with E-state index in [1.54, 1.807) is 35.2 Å². The molecule has 0 aliphatic carbocycles. The van der Waals surface area contributed by atoms with Crippen LogP contribution in [0.2, 0.25) is 0 Å². The molecule has 1 fully saturated rings. The van der Waals surface area contributed by atoms with Crippen LogP contribution < -0.4 is 5.32 Å². The first kappa shape index (κ1) is 19.0. The lowest BCUT2D eigenvalue weighted by Gasteiger charge is -2.33. The number of benzene rings is 2. The fourth-order valence-electron chi connectivity index (χ4n) is 3.48. The maximum atomic E-state index is 13.2. The first-order chi connectivity index (χ1) is 14.1.